The van der Waals surface area contributed by atoms with Crippen molar-refractivity contribution in [2.45, 2.75) is 52.3 Å². The first-order chi connectivity index (χ1) is 10.8. The van der Waals surface area contributed by atoms with Crippen LogP contribution < -0.4 is 0 Å². The second kappa shape index (κ2) is 17.0. The molecule has 0 heterocycles. The van der Waals surface area contributed by atoms with Gasteiger partial charge >= 0.3 is 0 Å². The molecule has 0 amide bonds. The molecule has 0 spiro atoms. The second-order valence-electron chi connectivity index (χ2n) is 5.59. The van der Waals surface area contributed by atoms with Gasteiger partial charge in [-0.2, -0.15) is 12.8 Å². The summed E-state index contributed by atoms with van der Waals surface area (Å²) in [6.45, 7) is 4.57. The van der Waals surface area contributed by atoms with E-state index in [0.717, 1.165) is 6.42 Å². The van der Waals surface area contributed by atoms with Gasteiger partial charge in [-0.05, 0) is 29.4 Å². The molecule has 2 rings (SSSR count). The molecule has 2 heteroatoms. The first-order valence-corrected chi connectivity index (χ1v) is 7.72. The van der Waals surface area contributed by atoms with Gasteiger partial charge < -0.3 is 13.8 Å². The van der Waals surface area contributed by atoms with E-state index < -0.39 is 0 Å². The quantitative estimate of drug-likeness (QED) is 0.290. The van der Waals surface area contributed by atoms with Crippen LogP contribution in [0.2, 0.25) is 0 Å². The Balaban J connectivity index is -0.000000934. The van der Waals surface area contributed by atoms with Gasteiger partial charge in [0.1, 0.15) is 0 Å². The van der Waals surface area contributed by atoms with Crippen molar-refractivity contribution in [1.29, 1.82) is 0 Å². The molecule has 0 bridgehead atoms. The topological polar surface area (TPSA) is 0 Å². The Bertz CT molecular complexity index is 490. The summed E-state index contributed by atoms with van der Waals surface area (Å²) < 4.78 is 5.75. The van der Waals surface area contributed by atoms with Gasteiger partial charge in [0.15, 0.2) is 0 Å². The summed E-state index contributed by atoms with van der Waals surface area (Å²) in [6, 6.07) is 21.8. The van der Waals surface area contributed by atoms with Gasteiger partial charge in [0.05, 0.1) is 0 Å². The zero-order valence-corrected chi connectivity index (χ0v) is 22.7. The maximum absolute atomic E-state index is 5.75. The standard InChI is InChI=1S/C20H25.CH4.CH3.U.Y/c1-3-4-11-20(19-14-9-6-10-15-19)16-17(2)18-12-7-5-8-13-18;;;;/h4-10,12-15,17,20H,3,11,16H2,1-2H3;1H4;1H3;;/q-1;;-1;;/i;1T;;;. The summed E-state index contributed by atoms with van der Waals surface area (Å²) in [5, 5.41) is 0. The molecule has 2 aromatic rings. The molecular formula is C22H32UY-2. The van der Waals surface area contributed by atoms with Gasteiger partial charge in [-0.3, -0.25) is 0 Å². The van der Waals surface area contributed by atoms with Crippen molar-refractivity contribution in [2.24, 2.45) is 0 Å². The molecule has 0 aromatic heterocycles. The fourth-order valence-corrected chi connectivity index (χ4v) is 2.81. The average molecular weight is 625 g/mol. The van der Waals surface area contributed by atoms with E-state index in [9.17, 15) is 0 Å². The Labute approximate surface area is 201 Å². The predicted octanol–water partition coefficient (Wildman–Crippen LogP) is 7.05. The van der Waals surface area contributed by atoms with Crippen LogP contribution in [0, 0.1) is 45.0 Å². The van der Waals surface area contributed by atoms with E-state index in [1.54, 1.807) is 0 Å². The van der Waals surface area contributed by atoms with Gasteiger partial charge in [0, 0.05) is 65.2 Å². The van der Waals surface area contributed by atoms with Gasteiger partial charge in [-0.1, -0.05) is 81.9 Å². The van der Waals surface area contributed by atoms with Crippen LogP contribution in [-0.2, 0) is 32.7 Å². The molecule has 2 atom stereocenters. The van der Waals surface area contributed by atoms with Crippen LogP contribution in [0.5, 0.6) is 0 Å². The minimum absolute atomic E-state index is 0. The fourth-order valence-electron chi connectivity index (χ4n) is 2.81. The van der Waals surface area contributed by atoms with Gasteiger partial charge in [0.25, 0.3) is 0 Å². The minimum Gasteiger partial charge on any atom is -0.358 e. The number of hydrogen-bond donors (Lipinski definition) is 0. The zero-order chi connectivity index (χ0) is 16.2. The van der Waals surface area contributed by atoms with Crippen LogP contribution in [0.3, 0.4) is 0 Å². The summed E-state index contributed by atoms with van der Waals surface area (Å²) >= 11 is 0. The van der Waals surface area contributed by atoms with Gasteiger partial charge in [-0.15, -0.1) is 0 Å². The van der Waals surface area contributed by atoms with Crippen molar-refractivity contribution in [1.82, 2.24) is 0 Å². The number of hydrogen-bond acceptors (Lipinski definition) is 0. The van der Waals surface area contributed by atoms with Crippen LogP contribution in [0.15, 0.2) is 60.7 Å². The second-order valence-corrected chi connectivity index (χ2v) is 5.59. The first kappa shape index (κ1) is 26.8. The summed E-state index contributed by atoms with van der Waals surface area (Å²) in [6.07, 6.45) is 5.96. The smallest absolute Gasteiger partial charge is 0.0194 e. The normalized spacial score (nSPS) is 11.9. The first-order valence-electron chi connectivity index (χ1n) is 8.72. The Morgan fingerprint density at radius 1 is 0.958 bits per heavy atom. The Kier molecular flexibility index (Phi) is 19.0. The fraction of sp³-hybridized carbons (Fsp3) is 0.364. The largest absolute Gasteiger partial charge is 0.358 e. The van der Waals surface area contributed by atoms with E-state index in [4.69, 9.17) is 1.37 Å². The number of rotatable bonds is 7. The molecule has 0 saturated heterocycles. The number of benzene rings is 2. The van der Waals surface area contributed by atoms with E-state index in [-0.39, 0.29) is 71.2 Å². The Morgan fingerprint density at radius 2 is 1.42 bits per heavy atom. The van der Waals surface area contributed by atoms with Crippen LogP contribution >= 0.6 is 0 Å². The van der Waals surface area contributed by atoms with Crippen LogP contribution in [0.25, 0.3) is 0 Å². The van der Waals surface area contributed by atoms with Crippen LogP contribution in [-0.4, -0.2) is 0 Å². The van der Waals surface area contributed by atoms with E-state index in [2.05, 4.69) is 80.9 Å². The number of unbranched alkanes of at least 4 members (excludes halogenated alkanes) is 1. The van der Waals surface area contributed by atoms with E-state index in [1.807, 2.05) is 0 Å². The van der Waals surface area contributed by atoms with Crippen molar-refractivity contribution in [3.05, 3.63) is 85.6 Å². The molecule has 2 unspecified atom stereocenters. The molecule has 0 aliphatic rings. The summed E-state index contributed by atoms with van der Waals surface area (Å²) in [5.74, 6) is 1.23. The third kappa shape index (κ3) is 9.92. The van der Waals surface area contributed by atoms with Crippen molar-refractivity contribution >= 4 is 0 Å². The summed E-state index contributed by atoms with van der Waals surface area (Å²) in [4.78, 5) is 0. The van der Waals surface area contributed by atoms with E-state index in [0.29, 0.717) is 11.8 Å². The van der Waals surface area contributed by atoms with E-state index in [1.165, 1.54) is 31.4 Å². The molecule has 0 saturated carbocycles. The molecular weight excluding hydrogens is 591 g/mol. The van der Waals surface area contributed by atoms with Crippen molar-refractivity contribution in [3.63, 3.8) is 0 Å². The molecule has 1 radical (unpaired) electrons. The van der Waals surface area contributed by atoms with Crippen molar-refractivity contribution in [3.8, 4) is 0 Å². The Hall–Kier alpha value is 0.596. The molecule has 0 nitrogen and oxygen atoms in total. The van der Waals surface area contributed by atoms with Crippen LogP contribution in [0.4, 0.5) is 0 Å². The molecule has 24 heavy (non-hydrogen) atoms. The predicted molar refractivity (Wildman–Crippen MR) is 101 cm³/mol. The molecule has 0 N–H and O–H groups in total. The van der Waals surface area contributed by atoms with Crippen molar-refractivity contribution in [2.75, 3.05) is 0 Å². The molecule has 0 fully saturated rings. The SMILES string of the molecule is CC[CH-]CC(CC(C)c1ccccc1)c1ccccc1.[3H]C.[CH3-].[U].[Y]. The molecule has 0 aliphatic heterocycles. The van der Waals surface area contributed by atoms with Crippen molar-refractivity contribution < 1.29 is 65.2 Å². The van der Waals surface area contributed by atoms with Crippen LogP contribution in [0.1, 0.15) is 64.8 Å². The maximum Gasteiger partial charge on any atom is 0.0194 e. The molecule has 129 valence electrons. The maximum atomic E-state index is 5.75. The Morgan fingerprint density at radius 3 is 1.88 bits per heavy atom. The third-order valence-electron chi connectivity index (χ3n) is 4.02. The van der Waals surface area contributed by atoms with Gasteiger partial charge in [0.2, 0.25) is 0 Å². The molecule has 2 aromatic carbocycles. The third-order valence-corrected chi connectivity index (χ3v) is 4.02. The average Bonchev–Trinajstić information content (AvgIpc) is 2.61. The zero-order valence-electron chi connectivity index (χ0n) is 16.7. The minimum atomic E-state index is 0. The van der Waals surface area contributed by atoms with E-state index >= 15 is 0 Å². The monoisotopic (exact) mass is 625 g/mol. The summed E-state index contributed by atoms with van der Waals surface area (Å²) in [5.41, 5.74) is 2.92. The molecule has 0 aliphatic carbocycles. The summed E-state index contributed by atoms with van der Waals surface area (Å²) in [7, 11) is 1.25. The van der Waals surface area contributed by atoms with Gasteiger partial charge in [-0.25, -0.2) is 0 Å².